The van der Waals surface area contributed by atoms with Gasteiger partial charge < -0.3 is 14.8 Å². The molecule has 6 nitrogen and oxygen atoms in total. The van der Waals surface area contributed by atoms with Crippen LogP contribution in [0.1, 0.15) is 16.7 Å². The summed E-state index contributed by atoms with van der Waals surface area (Å²) in [4.78, 5) is 4.30. The van der Waals surface area contributed by atoms with Gasteiger partial charge in [-0.1, -0.05) is 115 Å². The van der Waals surface area contributed by atoms with Gasteiger partial charge in [0.1, 0.15) is 5.54 Å². The van der Waals surface area contributed by atoms with E-state index < -0.39 is 12.7 Å². The molecule has 0 spiro atoms. The van der Waals surface area contributed by atoms with Crippen molar-refractivity contribution in [3.8, 4) is 28.3 Å². The predicted octanol–water partition coefficient (Wildman–Crippen LogP) is 5.14. The molecule has 0 unspecified atom stereocenters. The van der Waals surface area contributed by atoms with Crippen molar-refractivity contribution in [1.82, 2.24) is 14.8 Å². The third-order valence-electron chi connectivity index (χ3n) is 7.38. The van der Waals surface area contributed by atoms with Gasteiger partial charge in [0.2, 0.25) is 5.88 Å². The van der Waals surface area contributed by atoms with E-state index in [-0.39, 0.29) is 0 Å². The lowest BCUT2D eigenvalue weighted by Crippen LogP contribution is -2.39. The summed E-state index contributed by atoms with van der Waals surface area (Å²) in [5, 5.41) is 26.1. The van der Waals surface area contributed by atoms with Crippen LogP contribution in [0.5, 0.6) is 5.88 Å². The first-order chi connectivity index (χ1) is 20.1. The molecule has 6 aromatic rings. The molecule has 0 atom stereocenters. The fourth-order valence-electron chi connectivity index (χ4n) is 5.40. The number of benzene rings is 4. The maximum Gasteiger partial charge on any atom is 0.492 e. The Bertz CT molecular complexity index is 1630. The van der Waals surface area contributed by atoms with Crippen LogP contribution in [-0.4, -0.2) is 39.0 Å². The molecule has 200 valence electrons. The van der Waals surface area contributed by atoms with Gasteiger partial charge in [0.25, 0.3) is 0 Å². The van der Waals surface area contributed by atoms with Crippen molar-refractivity contribution in [3.63, 3.8) is 0 Å². The van der Waals surface area contributed by atoms with Crippen LogP contribution >= 0.6 is 0 Å². The number of ether oxygens (including phenoxy) is 1. The fraction of sp³-hybridized carbons (Fsp3) is 0.0588. The molecule has 7 heteroatoms. The highest BCUT2D eigenvalue weighted by Gasteiger charge is 2.40. The first-order valence-electron chi connectivity index (χ1n) is 13.3. The minimum absolute atomic E-state index is 0.316. The number of methoxy groups -OCH3 is 1. The summed E-state index contributed by atoms with van der Waals surface area (Å²) in [6, 6.07) is 42.1. The first-order valence-corrected chi connectivity index (χ1v) is 13.3. The van der Waals surface area contributed by atoms with Crippen LogP contribution in [0.15, 0.2) is 140 Å². The van der Waals surface area contributed by atoms with Crippen LogP contribution in [0.4, 0.5) is 0 Å². The Labute approximate surface area is 239 Å². The summed E-state index contributed by atoms with van der Waals surface area (Å²) >= 11 is 0. The van der Waals surface area contributed by atoms with Gasteiger partial charge in [-0.3, -0.25) is 4.68 Å². The number of nitrogens with zero attached hydrogens (tertiary/aromatic N) is 3. The molecule has 0 aliphatic rings. The van der Waals surface area contributed by atoms with E-state index in [1.165, 1.54) is 0 Å². The lowest BCUT2D eigenvalue weighted by molar-refractivity contribution is 0.398. The molecule has 2 aromatic heterocycles. The van der Waals surface area contributed by atoms with Gasteiger partial charge in [-0.2, -0.15) is 5.10 Å². The molecule has 0 saturated carbocycles. The van der Waals surface area contributed by atoms with E-state index in [1.807, 2.05) is 95.7 Å². The van der Waals surface area contributed by atoms with Crippen LogP contribution in [0.3, 0.4) is 0 Å². The van der Waals surface area contributed by atoms with Crippen molar-refractivity contribution in [2.75, 3.05) is 7.11 Å². The van der Waals surface area contributed by atoms with Gasteiger partial charge in [-0.05, 0) is 28.3 Å². The van der Waals surface area contributed by atoms with Gasteiger partial charge in [-0.15, -0.1) is 0 Å². The Kier molecular flexibility index (Phi) is 7.21. The van der Waals surface area contributed by atoms with Gasteiger partial charge in [0.15, 0.2) is 0 Å². The average Bonchev–Trinajstić information content (AvgIpc) is 3.49. The van der Waals surface area contributed by atoms with E-state index in [4.69, 9.17) is 9.84 Å². The highest BCUT2D eigenvalue weighted by molar-refractivity contribution is 6.60. The van der Waals surface area contributed by atoms with Crippen molar-refractivity contribution in [2.24, 2.45) is 0 Å². The molecule has 2 heterocycles. The maximum atomic E-state index is 10.5. The Morgan fingerprint density at radius 2 is 1.12 bits per heavy atom. The third kappa shape index (κ3) is 4.82. The second kappa shape index (κ2) is 11.3. The minimum Gasteiger partial charge on any atom is -0.481 e. The van der Waals surface area contributed by atoms with Crippen LogP contribution in [-0.2, 0) is 5.54 Å². The number of hydrogen-bond donors (Lipinski definition) is 2. The lowest BCUT2D eigenvalue weighted by Gasteiger charge is -2.36. The monoisotopic (exact) mass is 537 g/mol. The maximum absolute atomic E-state index is 10.5. The smallest absolute Gasteiger partial charge is 0.481 e. The molecule has 4 aromatic carbocycles. The fourth-order valence-corrected chi connectivity index (χ4v) is 5.40. The highest BCUT2D eigenvalue weighted by atomic mass is 16.5. The Balaban J connectivity index is 1.54. The predicted molar refractivity (Wildman–Crippen MR) is 162 cm³/mol. The zero-order chi connectivity index (χ0) is 28.2. The van der Waals surface area contributed by atoms with Crippen LogP contribution in [0, 0.1) is 0 Å². The molecule has 0 aliphatic carbocycles. The molecule has 0 amide bonds. The molecule has 0 aliphatic heterocycles. The lowest BCUT2D eigenvalue weighted by atomic mass is 9.76. The molecular weight excluding hydrogens is 509 g/mol. The average molecular weight is 537 g/mol. The Morgan fingerprint density at radius 1 is 0.634 bits per heavy atom. The number of aromatic nitrogens is 3. The molecule has 0 fully saturated rings. The van der Waals surface area contributed by atoms with Crippen molar-refractivity contribution in [2.45, 2.75) is 5.54 Å². The van der Waals surface area contributed by atoms with Gasteiger partial charge in [-0.25, -0.2) is 4.98 Å². The standard InChI is InChI=1S/C34H28BN3O3/c1-41-32-22-21-27(23-36-32)25-17-19-26(20-18-25)33-31(35(39)40)24-38(37-33)34(28-11-5-2-6-12-28,29-13-7-3-8-14-29)30-15-9-4-10-16-30/h2-24,39-40H,1H3. The van der Waals surface area contributed by atoms with Gasteiger partial charge in [0.05, 0.1) is 12.8 Å². The number of pyridine rings is 1. The van der Waals surface area contributed by atoms with Gasteiger partial charge in [0, 0.05) is 35.0 Å². The van der Waals surface area contributed by atoms with E-state index in [2.05, 4.69) is 41.4 Å². The normalized spacial score (nSPS) is 11.3. The molecule has 0 saturated heterocycles. The summed E-state index contributed by atoms with van der Waals surface area (Å²) in [6.07, 6.45) is 3.51. The molecule has 2 N–H and O–H groups in total. The molecule has 0 radical (unpaired) electrons. The van der Waals surface area contributed by atoms with Crippen molar-refractivity contribution >= 4 is 12.6 Å². The van der Waals surface area contributed by atoms with Crippen LogP contribution < -0.4 is 10.2 Å². The van der Waals surface area contributed by atoms with E-state index in [1.54, 1.807) is 19.5 Å². The summed E-state index contributed by atoms with van der Waals surface area (Å²) in [5.41, 5.74) is 5.60. The summed E-state index contributed by atoms with van der Waals surface area (Å²) in [7, 11) is -0.130. The first kappa shape index (κ1) is 26.3. The topological polar surface area (TPSA) is 80.4 Å². The van der Waals surface area contributed by atoms with Crippen molar-refractivity contribution in [1.29, 1.82) is 0 Å². The van der Waals surface area contributed by atoms with E-state index >= 15 is 0 Å². The van der Waals surface area contributed by atoms with Crippen molar-refractivity contribution in [3.05, 3.63) is 156 Å². The summed E-state index contributed by atoms with van der Waals surface area (Å²) < 4.78 is 7.03. The second-order valence-corrected chi connectivity index (χ2v) is 9.73. The Hall–Kier alpha value is -4.98. The van der Waals surface area contributed by atoms with Crippen LogP contribution in [0.25, 0.3) is 22.4 Å². The zero-order valence-electron chi connectivity index (χ0n) is 22.5. The molecular formula is C34H28BN3O3. The second-order valence-electron chi connectivity index (χ2n) is 9.73. The SMILES string of the molecule is COc1ccc(-c2ccc(-c3nn(C(c4ccccc4)(c4ccccc4)c4ccccc4)cc3B(O)O)cc2)cn1. The number of rotatable bonds is 8. The summed E-state index contributed by atoms with van der Waals surface area (Å²) in [5.74, 6) is 0.552. The quantitative estimate of drug-likeness (QED) is 0.208. The molecule has 0 bridgehead atoms. The van der Waals surface area contributed by atoms with Crippen LogP contribution in [0.2, 0.25) is 0 Å². The van der Waals surface area contributed by atoms with Crippen molar-refractivity contribution < 1.29 is 14.8 Å². The minimum atomic E-state index is -1.72. The van der Waals surface area contributed by atoms with E-state index in [0.717, 1.165) is 33.4 Å². The third-order valence-corrected chi connectivity index (χ3v) is 7.38. The van der Waals surface area contributed by atoms with E-state index in [9.17, 15) is 10.0 Å². The van der Waals surface area contributed by atoms with Gasteiger partial charge >= 0.3 is 7.12 Å². The highest BCUT2D eigenvalue weighted by Crippen LogP contribution is 2.40. The zero-order valence-corrected chi connectivity index (χ0v) is 22.5. The molecule has 6 rings (SSSR count). The molecule has 41 heavy (non-hydrogen) atoms. The van der Waals surface area contributed by atoms with E-state index in [0.29, 0.717) is 17.0 Å². The Morgan fingerprint density at radius 3 is 1.56 bits per heavy atom. The number of hydrogen-bond acceptors (Lipinski definition) is 5. The largest absolute Gasteiger partial charge is 0.492 e. The summed E-state index contributed by atoms with van der Waals surface area (Å²) in [6.45, 7) is 0.